The molecule has 7 nitrogen and oxygen atoms in total. The highest BCUT2D eigenvalue weighted by Gasteiger charge is 2.32. The Hall–Kier alpha value is -1.76. The molecule has 0 radical (unpaired) electrons. The van der Waals surface area contributed by atoms with E-state index in [1.807, 2.05) is 41.5 Å². The van der Waals surface area contributed by atoms with Crippen LogP contribution in [-0.4, -0.2) is 58.5 Å². The molecule has 0 spiro atoms. The quantitative estimate of drug-likeness (QED) is 0.612. The van der Waals surface area contributed by atoms with Crippen LogP contribution in [0.3, 0.4) is 0 Å². The van der Waals surface area contributed by atoms with Gasteiger partial charge in [0.2, 0.25) is 11.8 Å². The molecule has 7 heteroatoms. The molecule has 0 aliphatic rings. The monoisotopic (exact) mass is 397 g/mol. The van der Waals surface area contributed by atoms with Crippen LogP contribution in [0.1, 0.15) is 75.7 Å². The summed E-state index contributed by atoms with van der Waals surface area (Å²) in [6.45, 7) is 18.3. The van der Waals surface area contributed by atoms with Crippen LogP contribution in [0.25, 0.3) is 0 Å². The predicted molar refractivity (Wildman–Crippen MR) is 111 cm³/mol. The number of amides is 2. The molecule has 0 saturated heterocycles. The second-order valence-corrected chi connectivity index (χ2v) is 10.4. The smallest absolute Gasteiger partial charge is 0.237 e. The summed E-state index contributed by atoms with van der Waals surface area (Å²) in [4.78, 5) is 50.8. The standard InChI is InChI=1S/C21H39N3O4/c1-14(25)15(23-17(27)11-16(26)19(2,3)4)13-24(21(8,9)10)18(28)12-22-20(5,6)7/h15,22H,11-13H2,1-10H3,(H,23,27). The highest BCUT2D eigenvalue weighted by Crippen LogP contribution is 2.17. The summed E-state index contributed by atoms with van der Waals surface area (Å²) < 4.78 is 0. The van der Waals surface area contributed by atoms with Gasteiger partial charge in [-0.1, -0.05) is 20.8 Å². The average Bonchev–Trinajstić information content (AvgIpc) is 2.45. The summed E-state index contributed by atoms with van der Waals surface area (Å²) in [7, 11) is 0. The Kier molecular flexibility index (Phi) is 9.03. The maximum atomic E-state index is 12.8. The van der Waals surface area contributed by atoms with Crippen molar-refractivity contribution in [1.29, 1.82) is 0 Å². The van der Waals surface area contributed by atoms with Crippen molar-refractivity contribution in [3.63, 3.8) is 0 Å². The summed E-state index contributed by atoms with van der Waals surface area (Å²) in [6.07, 6.45) is -0.289. The fraction of sp³-hybridized carbons (Fsp3) is 0.810. The lowest BCUT2D eigenvalue weighted by Gasteiger charge is -2.38. The number of carbonyl (C=O) groups excluding carboxylic acids is 4. The van der Waals surface area contributed by atoms with E-state index in [4.69, 9.17) is 0 Å². The minimum atomic E-state index is -0.863. The lowest BCUT2D eigenvalue weighted by molar-refractivity contribution is -0.139. The third kappa shape index (κ3) is 9.97. The largest absolute Gasteiger partial charge is 0.344 e. The molecule has 2 N–H and O–H groups in total. The molecule has 0 aromatic carbocycles. The molecule has 1 unspecified atom stereocenters. The lowest BCUT2D eigenvalue weighted by atomic mass is 9.89. The molecule has 1 atom stereocenters. The van der Waals surface area contributed by atoms with Gasteiger partial charge in [0.1, 0.15) is 11.8 Å². The molecule has 0 heterocycles. The molecular weight excluding hydrogens is 358 g/mol. The van der Waals surface area contributed by atoms with E-state index in [0.717, 1.165) is 0 Å². The van der Waals surface area contributed by atoms with Crippen molar-refractivity contribution >= 4 is 23.4 Å². The highest BCUT2D eigenvalue weighted by atomic mass is 16.2. The van der Waals surface area contributed by atoms with Gasteiger partial charge in [0.25, 0.3) is 0 Å². The molecular formula is C21H39N3O4. The molecule has 0 aliphatic heterocycles. The van der Waals surface area contributed by atoms with Crippen molar-refractivity contribution in [2.24, 2.45) is 5.41 Å². The number of nitrogens with one attached hydrogen (secondary N) is 2. The summed E-state index contributed by atoms with van der Waals surface area (Å²) in [5, 5.41) is 5.78. The van der Waals surface area contributed by atoms with Crippen LogP contribution in [-0.2, 0) is 19.2 Å². The van der Waals surface area contributed by atoms with Crippen LogP contribution in [0, 0.1) is 5.41 Å². The molecule has 0 aromatic rings. The summed E-state index contributed by atoms with van der Waals surface area (Å²) >= 11 is 0. The fourth-order valence-electron chi connectivity index (χ4n) is 2.30. The van der Waals surface area contributed by atoms with Gasteiger partial charge in [-0.2, -0.15) is 0 Å². The molecule has 0 aliphatic carbocycles. The second-order valence-electron chi connectivity index (χ2n) is 10.4. The number of hydrogen-bond donors (Lipinski definition) is 2. The molecule has 0 saturated carbocycles. The Morgan fingerprint density at radius 2 is 1.39 bits per heavy atom. The number of Topliss-reactive ketones (excluding diaryl/α,β-unsaturated/α-hetero) is 2. The van der Waals surface area contributed by atoms with Gasteiger partial charge in [0.15, 0.2) is 5.78 Å². The van der Waals surface area contributed by atoms with Crippen LogP contribution in [0.2, 0.25) is 0 Å². The third-order valence-corrected chi connectivity index (χ3v) is 4.23. The highest BCUT2D eigenvalue weighted by molar-refractivity contribution is 6.01. The molecule has 162 valence electrons. The predicted octanol–water partition coefficient (Wildman–Crippen LogP) is 2.08. The van der Waals surface area contributed by atoms with Crippen LogP contribution in [0.4, 0.5) is 0 Å². The second kappa shape index (κ2) is 9.63. The van der Waals surface area contributed by atoms with Gasteiger partial charge in [0.05, 0.1) is 13.0 Å². The zero-order chi connectivity index (χ0) is 22.5. The van der Waals surface area contributed by atoms with Gasteiger partial charge in [-0.3, -0.25) is 19.2 Å². The maximum absolute atomic E-state index is 12.8. The van der Waals surface area contributed by atoms with Gasteiger partial charge in [0, 0.05) is 23.0 Å². The Morgan fingerprint density at radius 3 is 1.75 bits per heavy atom. The van der Waals surface area contributed by atoms with E-state index >= 15 is 0 Å². The van der Waals surface area contributed by atoms with Crippen LogP contribution >= 0.6 is 0 Å². The number of nitrogens with zero attached hydrogens (tertiary/aromatic N) is 1. The fourth-order valence-corrected chi connectivity index (χ4v) is 2.30. The third-order valence-electron chi connectivity index (χ3n) is 4.23. The minimum absolute atomic E-state index is 0.0545. The summed E-state index contributed by atoms with van der Waals surface area (Å²) in [5.74, 6) is -1.13. The van der Waals surface area contributed by atoms with Gasteiger partial charge >= 0.3 is 0 Å². The SMILES string of the molecule is CC(=O)C(CN(C(=O)CNC(C)(C)C)C(C)(C)C)NC(=O)CC(=O)C(C)(C)C. The average molecular weight is 398 g/mol. The van der Waals surface area contributed by atoms with Gasteiger partial charge in [-0.25, -0.2) is 0 Å². The first-order valence-corrected chi connectivity index (χ1v) is 9.73. The van der Waals surface area contributed by atoms with E-state index in [9.17, 15) is 19.2 Å². The molecule has 2 amide bonds. The Bertz CT molecular complexity index is 592. The normalized spacial score (nSPS) is 13.6. The maximum Gasteiger partial charge on any atom is 0.237 e. The number of hydrogen-bond acceptors (Lipinski definition) is 5. The van der Waals surface area contributed by atoms with Gasteiger partial charge in [-0.05, 0) is 48.5 Å². The Balaban J connectivity index is 5.26. The summed E-state index contributed by atoms with van der Waals surface area (Å²) in [6, 6.07) is -0.863. The van der Waals surface area contributed by atoms with Crippen LogP contribution in [0.5, 0.6) is 0 Å². The van der Waals surface area contributed by atoms with E-state index in [1.165, 1.54) is 6.92 Å². The van der Waals surface area contributed by atoms with Crippen molar-refractivity contribution in [3.05, 3.63) is 0 Å². The Labute approximate surface area is 170 Å². The molecule has 28 heavy (non-hydrogen) atoms. The van der Waals surface area contributed by atoms with Crippen LogP contribution < -0.4 is 10.6 Å². The number of rotatable bonds is 8. The van der Waals surface area contributed by atoms with Crippen molar-refractivity contribution in [2.75, 3.05) is 13.1 Å². The minimum Gasteiger partial charge on any atom is -0.344 e. The van der Waals surface area contributed by atoms with Crippen molar-refractivity contribution in [3.8, 4) is 0 Å². The first-order valence-electron chi connectivity index (χ1n) is 9.73. The first-order chi connectivity index (χ1) is 12.3. The van der Waals surface area contributed by atoms with E-state index < -0.39 is 22.9 Å². The zero-order valence-corrected chi connectivity index (χ0v) is 19.3. The van der Waals surface area contributed by atoms with Gasteiger partial charge < -0.3 is 15.5 Å². The molecule has 0 fully saturated rings. The van der Waals surface area contributed by atoms with Crippen LogP contribution in [0.15, 0.2) is 0 Å². The molecule has 0 rings (SSSR count). The number of ketones is 2. The van der Waals surface area contributed by atoms with Crippen molar-refractivity contribution < 1.29 is 19.2 Å². The summed E-state index contributed by atoms with van der Waals surface area (Å²) in [5.41, 5.74) is -1.38. The van der Waals surface area contributed by atoms with E-state index in [2.05, 4.69) is 10.6 Å². The van der Waals surface area contributed by atoms with Crippen molar-refractivity contribution in [2.45, 2.75) is 92.8 Å². The Morgan fingerprint density at radius 1 is 0.893 bits per heavy atom. The zero-order valence-electron chi connectivity index (χ0n) is 19.3. The van der Waals surface area contributed by atoms with Gasteiger partial charge in [-0.15, -0.1) is 0 Å². The van der Waals surface area contributed by atoms with E-state index in [0.29, 0.717) is 0 Å². The molecule has 0 aromatic heterocycles. The lowest BCUT2D eigenvalue weighted by Crippen LogP contribution is -2.57. The number of carbonyl (C=O) groups is 4. The van der Waals surface area contributed by atoms with E-state index in [1.54, 1.807) is 25.7 Å². The first kappa shape index (κ1) is 26.2. The van der Waals surface area contributed by atoms with Crippen molar-refractivity contribution in [1.82, 2.24) is 15.5 Å². The molecule has 0 bridgehead atoms. The van der Waals surface area contributed by atoms with E-state index in [-0.39, 0.29) is 42.5 Å². The topological polar surface area (TPSA) is 95.6 Å².